The Morgan fingerprint density at radius 3 is 2.68 bits per heavy atom. The first-order valence-electron chi connectivity index (χ1n) is 6.25. The van der Waals surface area contributed by atoms with Crippen LogP contribution in [0, 0.1) is 0 Å². The summed E-state index contributed by atoms with van der Waals surface area (Å²) in [7, 11) is -4.29. The molecule has 0 amide bonds. The van der Waals surface area contributed by atoms with Crippen LogP contribution in [0.1, 0.15) is 25.7 Å². The molecule has 2 unspecified atom stereocenters. The lowest BCUT2D eigenvalue weighted by atomic mass is 9.91. The lowest BCUT2D eigenvalue weighted by Gasteiger charge is -2.28. The Morgan fingerprint density at radius 2 is 2.05 bits per heavy atom. The molecular weight excluding hydrogens is 266 g/mol. The third kappa shape index (κ3) is 3.59. The fourth-order valence-electron chi connectivity index (χ4n) is 2.45. The van der Waals surface area contributed by atoms with Crippen molar-refractivity contribution in [2.24, 2.45) is 5.73 Å². The largest absolute Gasteiger partial charge is 0.399 e. The number of anilines is 2. The molecule has 0 aliphatic heterocycles. The van der Waals surface area contributed by atoms with Gasteiger partial charge in [-0.3, -0.25) is 4.55 Å². The maximum Gasteiger partial charge on any atom is 0.296 e. The lowest BCUT2D eigenvalue weighted by molar-refractivity contribution is 0.409. The molecule has 1 aliphatic carbocycles. The molecule has 6 N–H and O–H groups in total. The average Bonchev–Trinajstić information content (AvgIpc) is 2.30. The van der Waals surface area contributed by atoms with Gasteiger partial charge in [-0.15, -0.1) is 0 Å². The Hall–Kier alpha value is -1.31. The molecular formula is C12H19N3O3S. The highest BCUT2D eigenvalue weighted by Crippen LogP contribution is 2.27. The lowest BCUT2D eigenvalue weighted by Crippen LogP contribution is -2.35. The van der Waals surface area contributed by atoms with E-state index in [1.807, 2.05) is 0 Å². The first-order chi connectivity index (χ1) is 8.86. The van der Waals surface area contributed by atoms with Crippen LogP contribution in [-0.2, 0) is 10.1 Å². The van der Waals surface area contributed by atoms with E-state index >= 15 is 0 Å². The van der Waals surface area contributed by atoms with Crippen LogP contribution in [0.3, 0.4) is 0 Å². The van der Waals surface area contributed by atoms with Crippen molar-refractivity contribution in [3.05, 3.63) is 18.2 Å². The molecule has 1 fully saturated rings. The average molecular weight is 285 g/mol. The van der Waals surface area contributed by atoms with Crippen LogP contribution >= 0.6 is 0 Å². The van der Waals surface area contributed by atoms with Gasteiger partial charge in [0.1, 0.15) is 4.90 Å². The van der Waals surface area contributed by atoms with Crippen molar-refractivity contribution < 1.29 is 13.0 Å². The molecule has 0 bridgehead atoms. The van der Waals surface area contributed by atoms with E-state index in [-0.39, 0.29) is 17.0 Å². The fourth-order valence-corrected chi connectivity index (χ4v) is 3.14. The second-order valence-electron chi connectivity index (χ2n) is 5.00. The van der Waals surface area contributed by atoms with Gasteiger partial charge in [0.15, 0.2) is 0 Å². The van der Waals surface area contributed by atoms with Gasteiger partial charge in [-0.1, -0.05) is 0 Å². The van der Waals surface area contributed by atoms with Gasteiger partial charge >= 0.3 is 0 Å². The molecule has 1 aromatic rings. The number of hydrogen-bond donors (Lipinski definition) is 4. The summed E-state index contributed by atoms with van der Waals surface area (Å²) in [6.07, 6.45) is 3.72. The highest BCUT2D eigenvalue weighted by molar-refractivity contribution is 7.86. The molecule has 1 aliphatic rings. The van der Waals surface area contributed by atoms with E-state index in [4.69, 9.17) is 11.5 Å². The van der Waals surface area contributed by atoms with Gasteiger partial charge in [0, 0.05) is 17.8 Å². The van der Waals surface area contributed by atoms with Crippen LogP contribution in [0.2, 0.25) is 0 Å². The molecule has 2 atom stereocenters. The number of rotatable bonds is 3. The number of benzene rings is 1. The Balaban J connectivity index is 2.25. The molecule has 0 heterocycles. The van der Waals surface area contributed by atoms with E-state index in [2.05, 4.69) is 5.32 Å². The van der Waals surface area contributed by atoms with E-state index in [0.29, 0.717) is 11.4 Å². The second-order valence-corrected chi connectivity index (χ2v) is 6.39. The molecule has 1 aromatic carbocycles. The zero-order valence-electron chi connectivity index (χ0n) is 10.5. The summed E-state index contributed by atoms with van der Waals surface area (Å²) in [4.78, 5) is -0.188. The van der Waals surface area contributed by atoms with Gasteiger partial charge in [-0.25, -0.2) is 0 Å². The van der Waals surface area contributed by atoms with Gasteiger partial charge in [-0.05, 0) is 43.9 Å². The number of hydrogen-bond acceptors (Lipinski definition) is 5. The summed E-state index contributed by atoms with van der Waals surface area (Å²) in [6, 6.07) is 4.67. The molecule has 1 saturated carbocycles. The number of nitrogens with two attached hydrogens (primary N) is 2. The summed E-state index contributed by atoms with van der Waals surface area (Å²) >= 11 is 0. The molecule has 0 spiro atoms. The van der Waals surface area contributed by atoms with E-state index < -0.39 is 10.1 Å². The van der Waals surface area contributed by atoms with Crippen molar-refractivity contribution in [3.63, 3.8) is 0 Å². The predicted molar refractivity (Wildman–Crippen MR) is 74.5 cm³/mol. The van der Waals surface area contributed by atoms with Gasteiger partial charge in [0.2, 0.25) is 0 Å². The van der Waals surface area contributed by atoms with Gasteiger partial charge in [0.25, 0.3) is 10.1 Å². The summed E-state index contributed by atoms with van der Waals surface area (Å²) < 4.78 is 31.9. The van der Waals surface area contributed by atoms with Crippen molar-refractivity contribution >= 4 is 21.5 Å². The fraction of sp³-hybridized carbons (Fsp3) is 0.500. The highest BCUT2D eigenvalue weighted by atomic mass is 32.2. The summed E-state index contributed by atoms with van der Waals surface area (Å²) in [6.45, 7) is 0. The van der Waals surface area contributed by atoms with Gasteiger partial charge < -0.3 is 16.8 Å². The van der Waals surface area contributed by atoms with Crippen LogP contribution in [0.15, 0.2) is 23.1 Å². The molecule has 106 valence electrons. The van der Waals surface area contributed by atoms with Gasteiger partial charge in [-0.2, -0.15) is 8.42 Å². The minimum atomic E-state index is -4.29. The zero-order chi connectivity index (χ0) is 14.0. The molecule has 0 saturated heterocycles. The van der Waals surface area contributed by atoms with E-state index in [0.717, 1.165) is 25.7 Å². The first kappa shape index (κ1) is 14.1. The third-order valence-electron chi connectivity index (χ3n) is 3.36. The van der Waals surface area contributed by atoms with Crippen molar-refractivity contribution in [3.8, 4) is 0 Å². The SMILES string of the molecule is Nc1ccc(NC2CCCC(N)C2)c(S(=O)(=O)O)c1. The monoisotopic (exact) mass is 285 g/mol. The Kier molecular flexibility index (Phi) is 3.98. The van der Waals surface area contributed by atoms with Crippen molar-refractivity contribution in [1.29, 1.82) is 0 Å². The maximum atomic E-state index is 11.3. The Bertz CT molecular complexity index is 559. The minimum absolute atomic E-state index is 0.118. The zero-order valence-corrected chi connectivity index (χ0v) is 11.4. The molecule has 19 heavy (non-hydrogen) atoms. The summed E-state index contributed by atoms with van der Waals surface area (Å²) in [5.74, 6) is 0. The van der Waals surface area contributed by atoms with E-state index in [9.17, 15) is 13.0 Å². The van der Waals surface area contributed by atoms with E-state index in [1.54, 1.807) is 12.1 Å². The van der Waals surface area contributed by atoms with Crippen LogP contribution in [-0.4, -0.2) is 25.1 Å². The first-order valence-corrected chi connectivity index (χ1v) is 7.69. The topological polar surface area (TPSA) is 118 Å². The number of nitrogen functional groups attached to an aromatic ring is 1. The van der Waals surface area contributed by atoms with Crippen molar-refractivity contribution in [2.75, 3.05) is 11.1 Å². The highest BCUT2D eigenvalue weighted by Gasteiger charge is 2.22. The van der Waals surface area contributed by atoms with Crippen molar-refractivity contribution in [2.45, 2.75) is 42.7 Å². The number of nitrogens with one attached hydrogen (secondary N) is 1. The Labute approximate surface area is 112 Å². The van der Waals surface area contributed by atoms with Crippen molar-refractivity contribution in [1.82, 2.24) is 0 Å². The molecule has 7 heteroatoms. The van der Waals surface area contributed by atoms with Crippen LogP contribution in [0.5, 0.6) is 0 Å². The van der Waals surface area contributed by atoms with Crippen LogP contribution in [0.4, 0.5) is 11.4 Å². The molecule has 0 radical (unpaired) electrons. The molecule has 6 nitrogen and oxygen atoms in total. The van der Waals surface area contributed by atoms with Crippen LogP contribution < -0.4 is 16.8 Å². The molecule has 2 rings (SSSR count). The predicted octanol–water partition coefficient (Wildman–Crippen LogP) is 1.20. The smallest absolute Gasteiger partial charge is 0.296 e. The van der Waals surface area contributed by atoms with E-state index in [1.165, 1.54) is 6.07 Å². The standard InChI is InChI=1S/C12H19N3O3S/c13-8-2-1-3-10(6-8)15-11-5-4-9(14)7-12(11)19(16,17)18/h4-5,7-8,10,15H,1-3,6,13-14H2,(H,16,17,18). The normalized spacial score (nSPS) is 24.1. The Morgan fingerprint density at radius 1 is 1.32 bits per heavy atom. The van der Waals surface area contributed by atoms with Gasteiger partial charge in [0.05, 0.1) is 5.69 Å². The molecule has 0 aromatic heterocycles. The summed E-state index contributed by atoms with van der Waals surface area (Å²) in [5.41, 5.74) is 12.1. The quantitative estimate of drug-likeness (QED) is 0.489. The minimum Gasteiger partial charge on any atom is -0.399 e. The van der Waals surface area contributed by atoms with Crippen LogP contribution in [0.25, 0.3) is 0 Å². The maximum absolute atomic E-state index is 11.3. The summed E-state index contributed by atoms with van der Waals surface area (Å²) in [5, 5.41) is 3.14. The third-order valence-corrected chi connectivity index (χ3v) is 4.25. The second kappa shape index (κ2) is 5.36.